The molecule has 166 valence electrons. The van der Waals surface area contributed by atoms with Crippen LogP contribution >= 0.6 is 10.0 Å². The maximum absolute atomic E-state index is 14.8. The average molecular weight is 464 g/mol. The monoisotopic (exact) mass is 463 g/mol. The molecule has 0 spiro atoms. The molecule has 2 N–H and O–H groups in total. The minimum absolute atomic E-state index is 0.109. The molecule has 6 nitrogen and oxygen atoms in total. The molecule has 0 unspecified atom stereocenters. The first-order valence-corrected chi connectivity index (χ1v) is 14.2. The predicted octanol–water partition coefficient (Wildman–Crippen LogP) is 3.97. The van der Waals surface area contributed by atoms with Crippen molar-refractivity contribution in [1.82, 2.24) is 9.97 Å². The zero-order chi connectivity index (χ0) is 22.6. The molecule has 0 aliphatic rings. The lowest BCUT2D eigenvalue weighted by molar-refractivity contribution is 0.194. The van der Waals surface area contributed by atoms with Crippen LogP contribution in [-0.2, 0) is 14.6 Å². The lowest BCUT2D eigenvalue weighted by atomic mass is 10.0. The summed E-state index contributed by atoms with van der Waals surface area (Å²) in [4.78, 5) is 8.13. The van der Waals surface area contributed by atoms with Crippen molar-refractivity contribution in [1.29, 1.82) is 0 Å². The topological polar surface area (TPSA) is 95.2 Å². The molecular weight excluding hydrogens is 437 g/mol. The molecule has 0 radical (unpaired) electrons. The lowest BCUT2D eigenvalue weighted by Gasteiger charge is -2.24. The maximum Gasteiger partial charge on any atom is 0.202 e. The van der Waals surface area contributed by atoms with Crippen LogP contribution in [0.4, 0.5) is 10.2 Å². The Kier molecular flexibility index (Phi) is 6.98. The van der Waals surface area contributed by atoms with Gasteiger partial charge in [0.2, 0.25) is 9.84 Å². The molecule has 1 aromatic heterocycles. The molecule has 0 saturated carbocycles. The minimum atomic E-state index is -3.71. The standard InChI is InChI=1S/C22H26FN3O3S2/c1-30(2,3)11-10-29-15-31(27,28)21-7-5-4-6-17(21)16-8-9-18(19(23)12-16)20-13-26-22(24)14-25-20/h4-9,12-14H,10-11,15H2,1-3H3,(H2,24,26). The molecule has 3 aromatic rings. The van der Waals surface area contributed by atoms with E-state index in [4.69, 9.17) is 10.5 Å². The largest absolute Gasteiger partial charge is 0.382 e. The third kappa shape index (κ3) is 6.03. The van der Waals surface area contributed by atoms with Crippen molar-refractivity contribution in [3.8, 4) is 22.4 Å². The molecule has 0 amide bonds. The van der Waals surface area contributed by atoms with Gasteiger partial charge < -0.3 is 10.5 Å². The normalized spacial score (nSPS) is 12.6. The van der Waals surface area contributed by atoms with E-state index in [9.17, 15) is 12.8 Å². The molecule has 0 bridgehead atoms. The second-order valence-corrected chi connectivity index (χ2v) is 14.4. The Balaban J connectivity index is 1.87. The molecule has 0 saturated heterocycles. The van der Waals surface area contributed by atoms with Crippen LogP contribution in [0.15, 0.2) is 59.8 Å². The average Bonchev–Trinajstić information content (AvgIpc) is 2.71. The Morgan fingerprint density at radius 2 is 1.74 bits per heavy atom. The van der Waals surface area contributed by atoms with Gasteiger partial charge in [-0.1, -0.05) is 24.3 Å². The van der Waals surface area contributed by atoms with E-state index in [1.807, 2.05) is 0 Å². The van der Waals surface area contributed by atoms with Crippen LogP contribution in [0.25, 0.3) is 22.4 Å². The highest BCUT2D eigenvalue weighted by atomic mass is 32.3. The summed E-state index contributed by atoms with van der Waals surface area (Å²) in [7, 11) is -4.48. The number of aromatic nitrogens is 2. The number of nitrogens with zero attached hydrogens (tertiary/aromatic N) is 2. The van der Waals surface area contributed by atoms with E-state index in [2.05, 4.69) is 28.7 Å². The number of anilines is 1. The van der Waals surface area contributed by atoms with E-state index in [-0.39, 0.29) is 16.3 Å². The van der Waals surface area contributed by atoms with Gasteiger partial charge in [-0.25, -0.2) is 27.8 Å². The smallest absolute Gasteiger partial charge is 0.202 e. The first-order valence-electron chi connectivity index (χ1n) is 9.50. The fourth-order valence-corrected chi connectivity index (χ4v) is 4.77. The summed E-state index contributed by atoms with van der Waals surface area (Å²) in [5, 5.41) is 0. The van der Waals surface area contributed by atoms with Gasteiger partial charge in [0, 0.05) is 16.9 Å². The number of nitrogen functional groups attached to an aromatic ring is 1. The third-order valence-corrected chi connectivity index (χ3v) is 7.42. The Labute approximate surface area is 183 Å². The van der Waals surface area contributed by atoms with Gasteiger partial charge in [-0.15, -0.1) is 0 Å². The second kappa shape index (κ2) is 9.33. The number of rotatable bonds is 8. The van der Waals surface area contributed by atoms with Gasteiger partial charge in [-0.2, -0.15) is 0 Å². The van der Waals surface area contributed by atoms with Crippen molar-refractivity contribution < 1.29 is 17.5 Å². The van der Waals surface area contributed by atoms with Crippen molar-refractivity contribution >= 4 is 25.7 Å². The van der Waals surface area contributed by atoms with Gasteiger partial charge in [0.25, 0.3) is 0 Å². The molecule has 0 aliphatic heterocycles. The number of hydrogen-bond donors (Lipinski definition) is 1. The number of ether oxygens (including phenoxy) is 1. The number of sulfone groups is 1. The van der Waals surface area contributed by atoms with Crippen LogP contribution < -0.4 is 5.73 Å². The summed E-state index contributed by atoms with van der Waals surface area (Å²) >= 11 is 0. The molecule has 31 heavy (non-hydrogen) atoms. The van der Waals surface area contributed by atoms with Crippen molar-refractivity contribution in [2.45, 2.75) is 4.90 Å². The molecule has 0 atom stereocenters. The van der Waals surface area contributed by atoms with Gasteiger partial charge in [0.05, 0.1) is 29.6 Å². The summed E-state index contributed by atoms with van der Waals surface area (Å²) in [6.07, 6.45) is 9.19. The third-order valence-electron chi connectivity index (χ3n) is 4.53. The molecule has 0 fully saturated rings. The molecule has 0 aliphatic carbocycles. The Morgan fingerprint density at radius 1 is 1.00 bits per heavy atom. The fraction of sp³-hybridized carbons (Fsp3) is 0.273. The SMILES string of the molecule is CS(C)(C)CCOCS(=O)(=O)c1ccccc1-c1ccc(-c2cnc(N)cn2)c(F)c1. The Morgan fingerprint density at radius 3 is 2.39 bits per heavy atom. The minimum Gasteiger partial charge on any atom is -0.382 e. The van der Waals surface area contributed by atoms with Gasteiger partial charge in [-0.05, 0) is 42.5 Å². The highest BCUT2D eigenvalue weighted by Crippen LogP contribution is 2.34. The summed E-state index contributed by atoms with van der Waals surface area (Å²) in [5.41, 5.74) is 6.99. The van der Waals surface area contributed by atoms with E-state index in [1.165, 1.54) is 24.5 Å². The fourth-order valence-electron chi connectivity index (χ4n) is 2.88. The van der Waals surface area contributed by atoms with Crippen LogP contribution in [0.1, 0.15) is 0 Å². The van der Waals surface area contributed by atoms with E-state index >= 15 is 0 Å². The Hall–Kier alpha value is -2.49. The molecule has 1 heterocycles. The molecule has 3 rings (SSSR count). The number of hydrogen-bond acceptors (Lipinski definition) is 6. The van der Waals surface area contributed by atoms with Crippen molar-refractivity contribution in [3.63, 3.8) is 0 Å². The van der Waals surface area contributed by atoms with Gasteiger partial charge in [0.1, 0.15) is 11.6 Å². The number of benzene rings is 2. The van der Waals surface area contributed by atoms with Gasteiger partial charge in [0.15, 0.2) is 5.94 Å². The number of halogens is 1. The van der Waals surface area contributed by atoms with Crippen LogP contribution in [-0.4, -0.2) is 55.5 Å². The van der Waals surface area contributed by atoms with E-state index in [0.717, 1.165) is 5.75 Å². The summed E-state index contributed by atoms with van der Waals surface area (Å²) in [5.74, 6) is 0.116. The van der Waals surface area contributed by atoms with Crippen molar-refractivity contribution in [3.05, 3.63) is 60.7 Å². The number of nitrogens with two attached hydrogens (primary N) is 1. The van der Waals surface area contributed by atoms with Gasteiger partial charge in [-0.3, -0.25) is 4.98 Å². The summed E-state index contributed by atoms with van der Waals surface area (Å²) < 4.78 is 46.1. The van der Waals surface area contributed by atoms with Crippen molar-refractivity contribution in [2.24, 2.45) is 0 Å². The van der Waals surface area contributed by atoms with Crippen LogP contribution in [0.3, 0.4) is 0 Å². The molecule has 2 aromatic carbocycles. The Bertz CT molecular complexity index is 1160. The van der Waals surface area contributed by atoms with Crippen LogP contribution in [0, 0.1) is 5.82 Å². The first-order chi connectivity index (χ1) is 14.6. The van der Waals surface area contributed by atoms with Gasteiger partial charge >= 0.3 is 0 Å². The van der Waals surface area contributed by atoms with Crippen molar-refractivity contribution in [2.75, 3.05) is 42.8 Å². The van der Waals surface area contributed by atoms with E-state index in [0.29, 0.717) is 23.4 Å². The molecular formula is C22H26FN3O3S2. The quantitative estimate of drug-likeness (QED) is 0.508. The van der Waals surface area contributed by atoms with E-state index in [1.54, 1.807) is 30.3 Å². The predicted molar refractivity (Wildman–Crippen MR) is 126 cm³/mol. The van der Waals surface area contributed by atoms with Crippen LogP contribution in [0.2, 0.25) is 0 Å². The lowest BCUT2D eigenvalue weighted by Crippen LogP contribution is -2.15. The van der Waals surface area contributed by atoms with Crippen LogP contribution in [0.5, 0.6) is 0 Å². The second-order valence-electron chi connectivity index (χ2n) is 7.95. The zero-order valence-corrected chi connectivity index (χ0v) is 19.3. The maximum atomic E-state index is 14.8. The zero-order valence-electron chi connectivity index (χ0n) is 17.7. The molecule has 9 heteroatoms. The summed E-state index contributed by atoms with van der Waals surface area (Å²) in [6.45, 7) is 0.381. The summed E-state index contributed by atoms with van der Waals surface area (Å²) in [6, 6.07) is 11.0. The van der Waals surface area contributed by atoms with E-state index < -0.39 is 31.6 Å². The highest BCUT2D eigenvalue weighted by molar-refractivity contribution is 8.32. The highest BCUT2D eigenvalue weighted by Gasteiger charge is 2.21. The first kappa shape index (κ1) is 23.2.